The summed E-state index contributed by atoms with van der Waals surface area (Å²) < 4.78 is 2.11. The second-order valence-corrected chi connectivity index (χ2v) is 5.56. The topological polar surface area (TPSA) is 164 Å². The third-order valence-electron chi connectivity index (χ3n) is 3.74. The van der Waals surface area contributed by atoms with Crippen LogP contribution in [-0.2, 0) is 13.0 Å². The van der Waals surface area contributed by atoms with Gasteiger partial charge in [-0.2, -0.15) is 0 Å². The number of anilines is 2. The normalized spacial score (nSPS) is 12.0. The second-order valence-electron chi connectivity index (χ2n) is 5.56. The molecule has 3 aromatic heterocycles. The highest BCUT2D eigenvalue weighted by molar-refractivity contribution is 5.92. The van der Waals surface area contributed by atoms with E-state index in [-0.39, 0.29) is 5.69 Å². The van der Waals surface area contributed by atoms with Crippen LogP contribution in [0.5, 0.6) is 0 Å². The molecule has 4 heterocycles. The Labute approximate surface area is 149 Å². The van der Waals surface area contributed by atoms with Crippen LogP contribution in [-0.4, -0.2) is 30.6 Å². The molecule has 1 aliphatic heterocycles. The van der Waals surface area contributed by atoms with Gasteiger partial charge in [0.2, 0.25) is 0 Å². The number of nitrogens with two attached hydrogens (primary N) is 3. The lowest BCUT2D eigenvalue weighted by molar-refractivity contribution is 0.0949. The van der Waals surface area contributed by atoms with Gasteiger partial charge in [0, 0.05) is 13.0 Å². The predicted molar refractivity (Wildman–Crippen MR) is 96.3 cm³/mol. The van der Waals surface area contributed by atoms with Gasteiger partial charge in [0.05, 0.1) is 0 Å². The van der Waals surface area contributed by atoms with Gasteiger partial charge < -0.3 is 16.0 Å². The van der Waals surface area contributed by atoms with Gasteiger partial charge in [-0.3, -0.25) is 10.2 Å². The quantitative estimate of drug-likeness (QED) is 0.287. The Morgan fingerprint density at radius 2 is 1.77 bits per heavy atom. The van der Waals surface area contributed by atoms with Gasteiger partial charge in [0.1, 0.15) is 28.8 Å². The fourth-order valence-corrected chi connectivity index (χ4v) is 2.57. The molecule has 0 aromatic carbocycles. The minimum atomic E-state index is -0.447. The molecule has 0 spiro atoms. The number of aromatic nitrogens is 5. The van der Waals surface area contributed by atoms with Crippen molar-refractivity contribution in [1.82, 2.24) is 30.2 Å². The molecule has 134 valence electrons. The Morgan fingerprint density at radius 3 is 2.46 bits per heavy atom. The van der Waals surface area contributed by atoms with E-state index in [0.29, 0.717) is 11.6 Å². The highest BCUT2D eigenvalue weighted by Gasteiger charge is 2.18. The van der Waals surface area contributed by atoms with Crippen LogP contribution in [0.15, 0.2) is 36.4 Å². The molecule has 26 heavy (non-hydrogen) atoms. The number of aryl methyl sites for hydroxylation is 1. The molecule has 7 N–H and O–H groups in total. The number of fused-ring (bicyclic) bond motifs is 1. The highest BCUT2D eigenvalue weighted by Crippen LogP contribution is 2.22. The number of nitrogen functional groups attached to an aromatic ring is 3. The zero-order chi connectivity index (χ0) is 18.5. The van der Waals surface area contributed by atoms with E-state index in [1.165, 1.54) is 6.07 Å². The first-order chi connectivity index (χ1) is 12.6. The number of hydrogen-bond acceptors (Lipinski definition) is 8. The molecule has 0 radical (unpaired) electrons. The summed E-state index contributed by atoms with van der Waals surface area (Å²) in [6, 6.07) is 10.3. The summed E-state index contributed by atoms with van der Waals surface area (Å²) in [5, 5.41) is 8.28. The summed E-state index contributed by atoms with van der Waals surface area (Å²) >= 11 is 0. The van der Waals surface area contributed by atoms with E-state index in [2.05, 4.69) is 24.7 Å². The summed E-state index contributed by atoms with van der Waals surface area (Å²) in [5.74, 6) is 7.12. The van der Waals surface area contributed by atoms with Crippen LogP contribution >= 0.6 is 0 Å². The van der Waals surface area contributed by atoms with Crippen molar-refractivity contribution in [3.8, 4) is 11.5 Å². The fourth-order valence-electron chi connectivity index (χ4n) is 2.57. The fraction of sp³-hybridized carbons (Fsp3) is 0.188. The van der Waals surface area contributed by atoms with Crippen LogP contribution in [0.25, 0.3) is 11.5 Å². The lowest BCUT2D eigenvalue weighted by atomic mass is 10.3. The van der Waals surface area contributed by atoms with E-state index in [0.717, 1.165) is 36.7 Å². The summed E-state index contributed by atoms with van der Waals surface area (Å²) in [7, 11) is 0. The second kappa shape index (κ2) is 7.57. The van der Waals surface area contributed by atoms with Crippen molar-refractivity contribution in [2.75, 3.05) is 11.5 Å². The summed E-state index contributed by atoms with van der Waals surface area (Å²) in [5.41, 5.74) is 13.9. The van der Waals surface area contributed by atoms with Crippen molar-refractivity contribution in [1.29, 1.82) is 0 Å². The SMILES string of the molecule is NNC(=O)c1cccc(N)n1.Nc1cccc(-c2nnc3n2CCC3)n1. The smallest absolute Gasteiger partial charge is 0.283 e. The van der Waals surface area contributed by atoms with E-state index in [9.17, 15) is 4.79 Å². The third kappa shape index (κ3) is 3.75. The van der Waals surface area contributed by atoms with Gasteiger partial charge in [-0.05, 0) is 30.7 Å². The molecule has 0 saturated heterocycles. The molecule has 0 aliphatic carbocycles. The lowest BCUT2D eigenvalue weighted by Gasteiger charge is -2.02. The van der Waals surface area contributed by atoms with Gasteiger partial charge >= 0.3 is 0 Å². The van der Waals surface area contributed by atoms with E-state index in [4.69, 9.17) is 17.3 Å². The number of carbonyl (C=O) groups is 1. The molecular formula is C16H19N9O. The van der Waals surface area contributed by atoms with E-state index in [1.54, 1.807) is 18.2 Å². The molecule has 10 heteroatoms. The highest BCUT2D eigenvalue weighted by atomic mass is 16.2. The van der Waals surface area contributed by atoms with Crippen LogP contribution in [0, 0.1) is 0 Å². The minimum absolute atomic E-state index is 0.215. The van der Waals surface area contributed by atoms with Gasteiger partial charge in [-0.15, -0.1) is 10.2 Å². The van der Waals surface area contributed by atoms with Gasteiger partial charge in [0.25, 0.3) is 5.91 Å². The first-order valence-electron chi connectivity index (χ1n) is 7.97. The van der Waals surface area contributed by atoms with Crippen molar-refractivity contribution in [3.05, 3.63) is 47.9 Å². The largest absolute Gasteiger partial charge is 0.384 e. The number of pyridine rings is 2. The number of amides is 1. The number of hydrazine groups is 1. The van der Waals surface area contributed by atoms with Crippen LogP contribution < -0.4 is 22.7 Å². The van der Waals surface area contributed by atoms with Crippen molar-refractivity contribution < 1.29 is 4.79 Å². The molecule has 10 nitrogen and oxygen atoms in total. The summed E-state index contributed by atoms with van der Waals surface area (Å²) in [6.45, 7) is 0.980. The molecular weight excluding hydrogens is 334 g/mol. The molecule has 4 rings (SSSR count). The summed E-state index contributed by atoms with van der Waals surface area (Å²) in [4.78, 5) is 18.8. The van der Waals surface area contributed by atoms with Gasteiger partial charge in [-0.1, -0.05) is 12.1 Å². The Hall–Kier alpha value is -3.53. The third-order valence-corrected chi connectivity index (χ3v) is 3.74. The molecule has 1 amide bonds. The average molecular weight is 353 g/mol. The van der Waals surface area contributed by atoms with Crippen molar-refractivity contribution in [2.45, 2.75) is 19.4 Å². The Balaban J connectivity index is 0.000000160. The molecule has 0 atom stereocenters. The van der Waals surface area contributed by atoms with Crippen molar-refractivity contribution >= 4 is 17.5 Å². The Bertz CT molecular complexity index is 922. The van der Waals surface area contributed by atoms with Crippen LogP contribution in [0.1, 0.15) is 22.7 Å². The number of rotatable bonds is 2. The average Bonchev–Trinajstić information content (AvgIpc) is 3.25. The molecule has 0 bridgehead atoms. The maximum Gasteiger partial charge on any atom is 0.283 e. The zero-order valence-corrected chi connectivity index (χ0v) is 14.0. The summed E-state index contributed by atoms with van der Waals surface area (Å²) in [6.07, 6.45) is 2.15. The van der Waals surface area contributed by atoms with Crippen LogP contribution in [0.4, 0.5) is 11.6 Å². The predicted octanol–water partition coefficient (Wildman–Crippen LogP) is 0.136. The first kappa shape index (κ1) is 17.3. The van der Waals surface area contributed by atoms with Crippen LogP contribution in [0.3, 0.4) is 0 Å². The minimum Gasteiger partial charge on any atom is -0.384 e. The number of carbonyl (C=O) groups excluding carboxylic acids is 1. The van der Waals surface area contributed by atoms with Crippen LogP contribution in [0.2, 0.25) is 0 Å². The van der Waals surface area contributed by atoms with Gasteiger partial charge in [-0.25, -0.2) is 15.8 Å². The lowest BCUT2D eigenvalue weighted by Crippen LogP contribution is -2.30. The number of hydrogen-bond donors (Lipinski definition) is 4. The Kier molecular flexibility index (Phi) is 5.04. The molecule has 1 aliphatic rings. The molecule has 0 unspecified atom stereocenters. The standard InChI is InChI=1S/C10H11N5.C6H8N4O/c11-8-4-1-3-7(12-8)10-14-13-9-5-2-6-15(9)10;7-5-3-1-2-4(9-5)6(11)10-8/h1,3-4H,2,5-6H2,(H2,11,12);1-3H,8H2,(H2,7,9)(H,10,11). The van der Waals surface area contributed by atoms with Gasteiger partial charge in [0.15, 0.2) is 5.82 Å². The molecule has 0 fully saturated rings. The molecule has 3 aromatic rings. The zero-order valence-electron chi connectivity index (χ0n) is 14.0. The number of nitrogens with one attached hydrogen (secondary N) is 1. The number of nitrogens with zero attached hydrogens (tertiary/aromatic N) is 5. The van der Waals surface area contributed by atoms with E-state index >= 15 is 0 Å². The maximum absolute atomic E-state index is 10.8. The maximum atomic E-state index is 10.8. The first-order valence-corrected chi connectivity index (χ1v) is 7.97. The van der Waals surface area contributed by atoms with E-state index in [1.807, 2.05) is 17.6 Å². The Morgan fingerprint density at radius 1 is 1.04 bits per heavy atom. The van der Waals surface area contributed by atoms with Crippen molar-refractivity contribution in [2.24, 2.45) is 5.84 Å². The molecule has 0 saturated carbocycles. The van der Waals surface area contributed by atoms with E-state index < -0.39 is 5.91 Å². The van der Waals surface area contributed by atoms with Crippen molar-refractivity contribution in [3.63, 3.8) is 0 Å². The monoisotopic (exact) mass is 353 g/mol.